The summed E-state index contributed by atoms with van der Waals surface area (Å²) < 4.78 is 5.45. The molecule has 0 unspecified atom stereocenters. The number of hydrogen-bond donors (Lipinski definition) is 5. The van der Waals surface area contributed by atoms with Crippen molar-refractivity contribution in [1.29, 1.82) is 0 Å². The quantitative estimate of drug-likeness (QED) is 0.339. The van der Waals surface area contributed by atoms with E-state index >= 15 is 0 Å². The largest absolute Gasteiger partial charge is 0.394 e. The highest BCUT2D eigenvalue weighted by Gasteiger charge is 2.42. The van der Waals surface area contributed by atoms with Crippen LogP contribution in [0.15, 0.2) is 0 Å². The van der Waals surface area contributed by atoms with Gasteiger partial charge in [-0.05, 0) is 32.9 Å². The molecule has 0 amide bonds. The molecule has 0 aromatic carbocycles. The molecule has 3 rings (SSSR count). The summed E-state index contributed by atoms with van der Waals surface area (Å²) in [6.07, 6.45) is -1.67. The standard InChI is InChI=1S/C17H31N7O4/c1-3-23(2)17-21-15(18-6-9-24-7-4-5-8-24)20-16(22-17)19-14-13(27)12(26)11(10-25)28-14/h11-14,25-27H,3-10H2,1-2H3,(H2,18,19,20,21,22)/t11-,12-,13-,14-/m1/s1. The van der Waals surface area contributed by atoms with E-state index in [4.69, 9.17) is 4.74 Å². The molecule has 11 nitrogen and oxygen atoms in total. The average molecular weight is 397 g/mol. The van der Waals surface area contributed by atoms with Crippen LogP contribution < -0.4 is 15.5 Å². The van der Waals surface area contributed by atoms with Crippen molar-refractivity contribution < 1.29 is 20.1 Å². The van der Waals surface area contributed by atoms with Crippen LogP contribution in [0.5, 0.6) is 0 Å². The Hall–Kier alpha value is -1.79. The second kappa shape index (κ2) is 9.61. The van der Waals surface area contributed by atoms with Gasteiger partial charge in [0.1, 0.15) is 18.3 Å². The van der Waals surface area contributed by atoms with Gasteiger partial charge in [0.05, 0.1) is 6.61 Å². The average Bonchev–Trinajstić information content (AvgIpc) is 3.31. The molecule has 2 aliphatic rings. The number of ether oxygens (including phenoxy) is 1. The van der Waals surface area contributed by atoms with Crippen LogP contribution in [-0.4, -0.2) is 106 Å². The van der Waals surface area contributed by atoms with Crippen LogP contribution in [0.4, 0.5) is 17.8 Å². The van der Waals surface area contributed by atoms with Crippen LogP contribution in [0.3, 0.4) is 0 Å². The smallest absolute Gasteiger partial charge is 0.231 e. The Labute approximate surface area is 164 Å². The van der Waals surface area contributed by atoms with E-state index in [2.05, 4.69) is 30.5 Å². The lowest BCUT2D eigenvalue weighted by Gasteiger charge is -2.20. The lowest BCUT2D eigenvalue weighted by Crippen LogP contribution is -2.37. The predicted octanol–water partition coefficient (Wildman–Crippen LogP) is -1.31. The third-order valence-corrected chi connectivity index (χ3v) is 5.16. The molecule has 28 heavy (non-hydrogen) atoms. The Morgan fingerprint density at radius 3 is 2.50 bits per heavy atom. The van der Waals surface area contributed by atoms with Crippen molar-refractivity contribution in [1.82, 2.24) is 19.9 Å². The maximum atomic E-state index is 10.1. The molecule has 4 atom stereocenters. The van der Waals surface area contributed by atoms with Gasteiger partial charge in [-0.3, -0.25) is 0 Å². The van der Waals surface area contributed by atoms with E-state index in [1.165, 1.54) is 12.8 Å². The van der Waals surface area contributed by atoms with Gasteiger partial charge in [0, 0.05) is 26.7 Å². The first-order valence-electron chi connectivity index (χ1n) is 9.84. The molecule has 3 heterocycles. The van der Waals surface area contributed by atoms with E-state index in [-0.39, 0.29) is 12.6 Å². The molecular formula is C17H31N7O4. The highest BCUT2D eigenvalue weighted by atomic mass is 16.6. The van der Waals surface area contributed by atoms with Crippen LogP contribution in [-0.2, 0) is 4.74 Å². The van der Waals surface area contributed by atoms with Gasteiger partial charge in [-0.15, -0.1) is 0 Å². The Morgan fingerprint density at radius 1 is 1.14 bits per heavy atom. The van der Waals surface area contributed by atoms with E-state index in [1.807, 2.05) is 18.9 Å². The Morgan fingerprint density at radius 2 is 1.86 bits per heavy atom. The van der Waals surface area contributed by atoms with Crippen LogP contribution in [0.25, 0.3) is 0 Å². The number of rotatable bonds is 9. The van der Waals surface area contributed by atoms with Crippen LogP contribution in [0.1, 0.15) is 19.8 Å². The molecule has 0 spiro atoms. The monoisotopic (exact) mass is 397 g/mol. The molecule has 1 aromatic heterocycles. The fraction of sp³-hybridized carbons (Fsp3) is 0.824. The first-order chi connectivity index (χ1) is 13.5. The van der Waals surface area contributed by atoms with Crippen LogP contribution in [0.2, 0.25) is 0 Å². The third kappa shape index (κ3) is 4.97. The number of nitrogens with one attached hydrogen (secondary N) is 2. The first-order valence-corrected chi connectivity index (χ1v) is 9.84. The molecule has 2 fully saturated rings. The minimum Gasteiger partial charge on any atom is -0.394 e. The predicted molar refractivity (Wildman–Crippen MR) is 104 cm³/mol. The molecule has 2 saturated heterocycles. The molecule has 0 saturated carbocycles. The molecule has 158 valence electrons. The summed E-state index contributed by atoms with van der Waals surface area (Å²) in [5.41, 5.74) is 0. The van der Waals surface area contributed by atoms with Crippen molar-refractivity contribution >= 4 is 17.8 Å². The van der Waals surface area contributed by atoms with E-state index in [0.29, 0.717) is 25.0 Å². The van der Waals surface area contributed by atoms with Crippen molar-refractivity contribution in [2.75, 3.05) is 61.9 Å². The summed E-state index contributed by atoms with van der Waals surface area (Å²) in [5.74, 6) is 1.14. The van der Waals surface area contributed by atoms with E-state index in [9.17, 15) is 15.3 Å². The topological polar surface area (TPSA) is 139 Å². The zero-order chi connectivity index (χ0) is 20.1. The fourth-order valence-corrected chi connectivity index (χ4v) is 3.30. The summed E-state index contributed by atoms with van der Waals surface area (Å²) in [6, 6.07) is 0. The van der Waals surface area contributed by atoms with E-state index in [1.54, 1.807) is 0 Å². The molecule has 2 aliphatic heterocycles. The number of anilines is 3. The van der Waals surface area contributed by atoms with Crippen molar-refractivity contribution in [3.63, 3.8) is 0 Å². The summed E-state index contributed by atoms with van der Waals surface area (Å²) in [6.45, 7) is 6.20. The van der Waals surface area contributed by atoms with Gasteiger partial charge in [-0.1, -0.05) is 0 Å². The first kappa shape index (κ1) is 20.9. The summed E-state index contributed by atoms with van der Waals surface area (Å²) in [7, 11) is 1.87. The zero-order valence-electron chi connectivity index (χ0n) is 16.5. The fourth-order valence-electron chi connectivity index (χ4n) is 3.30. The van der Waals surface area contributed by atoms with Crippen molar-refractivity contribution in [3.8, 4) is 0 Å². The Balaban J connectivity index is 1.68. The van der Waals surface area contributed by atoms with Gasteiger partial charge in [0.25, 0.3) is 0 Å². The molecule has 0 radical (unpaired) electrons. The highest BCUT2D eigenvalue weighted by Crippen LogP contribution is 2.23. The molecule has 0 bridgehead atoms. The van der Waals surface area contributed by atoms with Crippen molar-refractivity contribution in [2.24, 2.45) is 0 Å². The number of aliphatic hydroxyl groups excluding tert-OH is 3. The molecule has 11 heteroatoms. The van der Waals surface area contributed by atoms with E-state index < -0.39 is 24.5 Å². The van der Waals surface area contributed by atoms with Gasteiger partial charge in [0.2, 0.25) is 17.8 Å². The molecular weight excluding hydrogens is 366 g/mol. The summed E-state index contributed by atoms with van der Waals surface area (Å²) in [4.78, 5) is 17.4. The number of aromatic nitrogens is 3. The van der Waals surface area contributed by atoms with E-state index in [0.717, 1.165) is 19.6 Å². The molecule has 0 aliphatic carbocycles. The number of likely N-dealkylation sites (tertiary alicyclic amines) is 1. The summed E-state index contributed by atoms with van der Waals surface area (Å²) >= 11 is 0. The normalized spacial score (nSPS) is 27.9. The summed E-state index contributed by atoms with van der Waals surface area (Å²) in [5, 5.41) is 35.4. The van der Waals surface area contributed by atoms with Gasteiger partial charge >= 0.3 is 0 Å². The van der Waals surface area contributed by atoms with Gasteiger partial charge in [-0.25, -0.2) is 0 Å². The van der Waals surface area contributed by atoms with Crippen molar-refractivity contribution in [3.05, 3.63) is 0 Å². The van der Waals surface area contributed by atoms with Gasteiger partial charge in [-0.2, -0.15) is 15.0 Å². The third-order valence-electron chi connectivity index (χ3n) is 5.16. The Kier molecular flexibility index (Phi) is 7.18. The number of hydrogen-bond acceptors (Lipinski definition) is 11. The SMILES string of the molecule is CCN(C)c1nc(NCCN2CCCC2)nc(N[C@@H]2O[C@H](CO)[C@@H](O)[C@H]2O)n1. The Bertz CT molecular complexity index is 632. The minimum absolute atomic E-state index is 0.226. The minimum atomic E-state index is -1.20. The zero-order valence-corrected chi connectivity index (χ0v) is 16.5. The second-order valence-electron chi connectivity index (χ2n) is 7.18. The maximum Gasteiger partial charge on any atom is 0.231 e. The second-order valence-corrected chi connectivity index (χ2v) is 7.18. The highest BCUT2D eigenvalue weighted by molar-refractivity contribution is 5.43. The van der Waals surface area contributed by atoms with Crippen LogP contribution in [0, 0.1) is 0 Å². The maximum absolute atomic E-state index is 10.1. The number of nitrogens with zero attached hydrogens (tertiary/aromatic N) is 5. The lowest BCUT2D eigenvalue weighted by atomic mass is 10.1. The van der Waals surface area contributed by atoms with Crippen molar-refractivity contribution in [2.45, 2.75) is 44.3 Å². The van der Waals surface area contributed by atoms with Crippen LogP contribution >= 0.6 is 0 Å². The lowest BCUT2D eigenvalue weighted by molar-refractivity contribution is -0.0154. The molecule has 1 aromatic rings. The number of aliphatic hydroxyl groups is 3. The molecule has 5 N–H and O–H groups in total. The van der Waals surface area contributed by atoms with Gasteiger partial charge < -0.3 is 40.5 Å². The van der Waals surface area contributed by atoms with Gasteiger partial charge in [0.15, 0.2) is 6.23 Å².